The first-order valence-corrected chi connectivity index (χ1v) is 6.82. The molecule has 2 aromatic rings. The molecule has 20 heavy (non-hydrogen) atoms. The van der Waals surface area contributed by atoms with Crippen molar-refractivity contribution >= 4 is 22.6 Å². The zero-order valence-electron chi connectivity index (χ0n) is 11.1. The van der Waals surface area contributed by atoms with E-state index in [1.165, 1.54) is 0 Å². The van der Waals surface area contributed by atoms with Gasteiger partial charge in [0.05, 0.1) is 23.6 Å². The molecule has 0 radical (unpaired) electrons. The molecule has 0 saturated carbocycles. The molecule has 1 aliphatic rings. The maximum Gasteiger partial charge on any atom is 0.241 e. The molecule has 6 heteroatoms. The number of carbonyl (C=O) groups is 1. The SMILES string of the molecule is NC(C(=O)Nc1cccc2[nH]cnc12)C1CCOCC1. The first-order valence-electron chi connectivity index (χ1n) is 6.82. The molecule has 3 rings (SSSR count). The van der Waals surface area contributed by atoms with E-state index in [-0.39, 0.29) is 11.8 Å². The third-order valence-electron chi connectivity index (χ3n) is 3.78. The number of aromatic nitrogens is 2. The molecule has 0 bridgehead atoms. The summed E-state index contributed by atoms with van der Waals surface area (Å²) < 4.78 is 5.29. The Morgan fingerprint density at radius 3 is 3.05 bits per heavy atom. The molecule has 2 heterocycles. The van der Waals surface area contributed by atoms with Gasteiger partial charge >= 0.3 is 0 Å². The number of H-pyrrole nitrogens is 1. The van der Waals surface area contributed by atoms with Crippen LogP contribution in [-0.4, -0.2) is 35.1 Å². The average molecular weight is 274 g/mol. The summed E-state index contributed by atoms with van der Waals surface area (Å²) in [4.78, 5) is 19.5. The Balaban J connectivity index is 1.73. The second kappa shape index (κ2) is 5.60. The van der Waals surface area contributed by atoms with Gasteiger partial charge in [-0.3, -0.25) is 4.79 Å². The number of benzene rings is 1. The van der Waals surface area contributed by atoms with Crippen LogP contribution in [0.3, 0.4) is 0 Å². The number of para-hydroxylation sites is 1. The van der Waals surface area contributed by atoms with E-state index >= 15 is 0 Å². The van der Waals surface area contributed by atoms with Crippen LogP contribution in [0.5, 0.6) is 0 Å². The standard InChI is InChI=1S/C14H18N4O2/c15-12(9-4-6-20-7-5-9)14(19)18-11-3-1-2-10-13(11)17-8-16-10/h1-3,8-9,12H,4-7,15H2,(H,16,17)(H,18,19). The van der Waals surface area contributed by atoms with Gasteiger partial charge in [0, 0.05) is 13.2 Å². The van der Waals surface area contributed by atoms with Crippen molar-refractivity contribution < 1.29 is 9.53 Å². The highest BCUT2D eigenvalue weighted by molar-refractivity contribution is 6.01. The molecular formula is C14H18N4O2. The lowest BCUT2D eigenvalue weighted by Crippen LogP contribution is -2.44. The molecule has 1 aromatic carbocycles. The zero-order chi connectivity index (χ0) is 13.9. The highest BCUT2D eigenvalue weighted by atomic mass is 16.5. The summed E-state index contributed by atoms with van der Waals surface area (Å²) in [5, 5.41) is 2.88. The van der Waals surface area contributed by atoms with Gasteiger partial charge in [-0.05, 0) is 30.9 Å². The minimum atomic E-state index is -0.506. The van der Waals surface area contributed by atoms with E-state index in [2.05, 4.69) is 15.3 Å². The smallest absolute Gasteiger partial charge is 0.241 e. The van der Waals surface area contributed by atoms with Crippen LogP contribution in [0.2, 0.25) is 0 Å². The van der Waals surface area contributed by atoms with E-state index in [0.29, 0.717) is 18.9 Å². The van der Waals surface area contributed by atoms with Crippen molar-refractivity contribution in [3.8, 4) is 0 Å². The molecular weight excluding hydrogens is 256 g/mol. The molecule has 4 N–H and O–H groups in total. The van der Waals surface area contributed by atoms with Gasteiger partial charge in [-0.1, -0.05) is 6.07 Å². The summed E-state index contributed by atoms with van der Waals surface area (Å²) in [5.74, 6) is 0.0227. The van der Waals surface area contributed by atoms with E-state index in [1.807, 2.05) is 18.2 Å². The molecule has 1 saturated heterocycles. The summed E-state index contributed by atoms with van der Waals surface area (Å²) in [6.07, 6.45) is 3.28. The van der Waals surface area contributed by atoms with Crippen molar-refractivity contribution in [3.05, 3.63) is 24.5 Å². The van der Waals surface area contributed by atoms with E-state index in [1.54, 1.807) is 6.33 Å². The van der Waals surface area contributed by atoms with Crippen LogP contribution in [-0.2, 0) is 9.53 Å². The number of carbonyl (C=O) groups excluding carboxylic acids is 1. The maximum atomic E-state index is 12.3. The lowest BCUT2D eigenvalue weighted by molar-refractivity contribution is -0.119. The molecule has 6 nitrogen and oxygen atoms in total. The fraction of sp³-hybridized carbons (Fsp3) is 0.429. The predicted octanol–water partition coefficient (Wildman–Crippen LogP) is 1.26. The van der Waals surface area contributed by atoms with Crippen molar-refractivity contribution in [3.63, 3.8) is 0 Å². The van der Waals surface area contributed by atoms with Crippen LogP contribution in [0.25, 0.3) is 11.0 Å². The van der Waals surface area contributed by atoms with Gasteiger partial charge in [0.1, 0.15) is 5.52 Å². The minimum absolute atomic E-state index is 0.160. The van der Waals surface area contributed by atoms with Crippen molar-refractivity contribution in [1.29, 1.82) is 0 Å². The molecule has 1 aliphatic heterocycles. The average Bonchev–Trinajstić information content (AvgIpc) is 2.97. The minimum Gasteiger partial charge on any atom is -0.381 e. The van der Waals surface area contributed by atoms with Crippen LogP contribution in [0.4, 0.5) is 5.69 Å². The van der Waals surface area contributed by atoms with Gasteiger partial charge in [-0.25, -0.2) is 4.98 Å². The Morgan fingerprint density at radius 1 is 1.45 bits per heavy atom. The Morgan fingerprint density at radius 2 is 2.25 bits per heavy atom. The van der Waals surface area contributed by atoms with Crippen LogP contribution < -0.4 is 11.1 Å². The number of imidazole rings is 1. The largest absolute Gasteiger partial charge is 0.381 e. The van der Waals surface area contributed by atoms with Gasteiger partial charge in [-0.2, -0.15) is 0 Å². The Kier molecular flexibility index (Phi) is 3.66. The Bertz CT molecular complexity index is 604. The van der Waals surface area contributed by atoms with E-state index < -0.39 is 6.04 Å². The number of fused-ring (bicyclic) bond motifs is 1. The maximum absolute atomic E-state index is 12.3. The number of ether oxygens (including phenoxy) is 1. The van der Waals surface area contributed by atoms with Gasteiger partial charge in [0.25, 0.3) is 0 Å². The molecule has 1 aromatic heterocycles. The van der Waals surface area contributed by atoms with Gasteiger partial charge in [-0.15, -0.1) is 0 Å². The number of nitrogens with zero attached hydrogens (tertiary/aromatic N) is 1. The van der Waals surface area contributed by atoms with Crippen LogP contribution in [0.1, 0.15) is 12.8 Å². The molecule has 1 amide bonds. The number of aromatic amines is 1. The van der Waals surface area contributed by atoms with E-state index in [4.69, 9.17) is 10.5 Å². The molecule has 0 aliphatic carbocycles. The van der Waals surface area contributed by atoms with Crippen molar-refractivity contribution in [1.82, 2.24) is 9.97 Å². The first kappa shape index (κ1) is 13.1. The lowest BCUT2D eigenvalue weighted by Gasteiger charge is -2.26. The summed E-state index contributed by atoms with van der Waals surface area (Å²) in [6.45, 7) is 1.36. The fourth-order valence-corrected chi connectivity index (χ4v) is 2.57. The monoisotopic (exact) mass is 274 g/mol. The normalized spacial score (nSPS) is 18.1. The number of rotatable bonds is 3. The van der Waals surface area contributed by atoms with E-state index in [9.17, 15) is 4.79 Å². The second-order valence-electron chi connectivity index (χ2n) is 5.07. The zero-order valence-corrected chi connectivity index (χ0v) is 11.1. The molecule has 1 unspecified atom stereocenters. The summed E-state index contributed by atoms with van der Waals surface area (Å²) in [5.41, 5.74) is 8.40. The van der Waals surface area contributed by atoms with Gasteiger partial charge in [0.15, 0.2) is 0 Å². The Hall–Kier alpha value is -1.92. The van der Waals surface area contributed by atoms with Crippen LogP contribution in [0.15, 0.2) is 24.5 Å². The van der Waals surface area contributed by atoms with Crippen molar-refractivity contribution in [2.75, 3.05) is 18.5 Å². The highest BCUT2D eigenvalue weighted by Gasteiger charge is 2.26. The highest BCUT2D eigenvalue weighted by Crippen LogP contribution is 2.22. The number of hydrogen-bond donors (Lipinski definition) is 3. The lowest BCUT2D eigenvalue weighted by atomic mass is 9.92. The number of anilines is 1. The van der Waals surface area contributed by atoms with Crippen molar-refractivity contribution in [2.24, 2.45) is 11.7 Å². The van der Waals surface area contributed by atoms with E-state index in [0.717, 1.165) is 23.9 Å². The quantitative estimate of drug-likeness (QED) is 0.785. The van der Waals surface area contributed by atoms with Crippen LogP contribution in [0, 0.1) is 5.92 Å². The summed E-state index contributed by atoms with van der Waals surface area (Å²) in [7, 11) is 0. The molecule has 0 spiro atoms. The van der Waals surface area contributed by atoms with Gasteiger partial charge in [0.2, 0.25) is 5.91 Å². The third-order valence-corrected chi connectivity index (χ3v) is 3.78. The number of nitrogens with one attached hydrogen (secondary N) is 2. The van der Waals surface area contributed by atoms with Crippen molar-refractivity contribution in [2.45, 2.75) is 18.9 Å². The second-order valence-corrected chi connectivity index (χ2v) is 5.07. The summed E-state index contributed by atoms with van der Waals surface area (Å²) >= 11 is 0. The van der Waals surface area contributed by atoms with Crippen LogP contribution >= 0.6 is 0 Å². The Labute approximate surface area is 116 Å². The molecule has 1 atom stereocenters. The summed E-state index contributed by atoms with van der Waals surface area (Å²) in [6, 6.07) is 5.11. The predicted molar refractivity (Wildman–Crippen MR) is 76.2 cm³/mol. The molecule has 106 valence electrons. The number of nitrogens with two attached hydrogens (primary N) is 1. The molecule has 1 fully saturated rings. The fourth-order valence-electron chi connectivity index (χ4n) is 2.57. The topological polar surface area (TPSA) is 93.0 Å². The third kappa shape index (κ3) is 2.52. The number of amides is 1. The first-order chi connectivity index (χ1) is 9.75. The number of hydrogen-bond acceptors (Lipinski definition) is 4. The van der Waals surface area contributed by atoms with Gasteiger partial charge < -0.3 is 20.8 Å².